The van der Waals surface area contributed by atoms with E-state index in [1.807, 2.05) is 20.8 Å². The lowest BCUT2D eigenvalue weighted by Gasteiger charge is -2.58. The summed E-state index contributed by atoms with van der Waals surface area (Å²) in [6.45, 7) is 6.99. The average Bonchev–Trinajstić information content (AvgIpc) is 2.86. The van der Waals surface area contributed by atoms with Crippen molar-refractivity contribution >= 4 is 11.8 Å². The number of primary amides is 1. The van der Waals surface area contributed by atoms with Crippen LogP contribution in [0.3, 0.4) is 0 Å². The molecule has 3 unspecified atom stereocenters. The smallest absolute Gasteiger partial charge is 0.244 e. The summed E-state index contributed by atoms with van der Waals surface area (Å²) in [5, 5.41) is 0. The fourth-order valence-corrected chi connectivity index (χ4v) is 3.36. The second-order valence-electron chi connectivity index (χ2n) is 6.40. The predicted octanol–water partition coefficient (Wildman–Crippen LogP) is -0.00480. The van der Waals surface area contributed by atoms with Crippen LogP contribution in [-0.4, -0.2) is 47.6 Å². The van der Waals surface area contributed by atoms with Crippen molar-refractivity contribution in [3.8, 4) is 0 Å². The summed E-state index contributed by atoms with van der Waals surface area (Å²) < 4.78 is 5.63. The number of hydrogen-bond acceptors (Lipinski definition) is 4. The van der Waals surface area contributed by atoms with Crippen molar-refractivity contribution in [2.75, 3.05) is 13.2 Å². The molecule has 20 heavy (non-hydrogen) atoms. The van der Waals surface area contributed by atoms with E-state index in [0.717, 1.165) is 6.42 Å². The Bertz CT molecular complexity index is 424. The number of hydrogen-bond donors (Lipinski definition) is 2. The van der Waals surface area contributed by atoms with Gasteiger partial charge in [-0.05, 0) is 19.8 Å². The van der Waals surface area contributed by atoms with Crippen LogP contribution < -0.4 is 11.5 Å². The molecule has 1 saturated carbocycles. The molecule has 0 radical (unpaired) electrons. The minimum Gasteiger partial charge on any atom is -0.378 e. The molecule has 0 aromatic rings. The third-order valence-electron chi connectivity index (χ3n) is 5.05. The van der Waals surface area contributed by atoms with E-state index in [2.05, 4.69) is 0 Å². The number of carbonyl (C=O) groups excluding carboxylic acids is 2. The number of ether oxygens (including phenoxy) is 1. The van der Waals surface area contributed by atoms with Gasteiger partial charge in [0, 0.05) is 25.0 Å². The van der Waals surface area contributed by atoms with E-state index in [4.69, 9.17) is 16.2 Å². The molecule has 6 heteroatoms. The van der Waals surface area contributed by atoms with E-state index in [1.54, 1.807) is 4.90 Å². The number of likely N-dealkylation sites (tertiary alicyclic amines) is 1. The standard InChI is InChI=1S/C14H25N3O3/c1-4-20-10-8-14(16,13(10,2)3)12(19)17-7-5-6-9(17)11(15)18/h9-10H,4-8,16H2,1-3H3,(H2,15,18). The van der Waals surface area contributed by atoms with Crippen LogP contribution in [0.15, 0.2) is 0 Å². The van der Waals surface area contributed by atoms with Gasteiger partial charge in [0.05, 0.1) is 6.10 Å². The molecular formula is C14H25N3O3. The zero-order valence-corrected chi connectivity index (χ0v) is 12.5. The van der Waals surface area contributed by atoms with Gasteiger partial charge in [-0.2, -0.15) is 0 Å². The van der Waals surface area contributed by atoms with Crippen LogP contribution in [0.2, 0.25) is 0 Å². The molecule has 2 aliphatic rings. The van der Waals surface area contributed by atoms with E-state index in [0.29, 0.717) is 26.0 Å². The lowest BCUT2D eigenvalue weighted by atomic mass is 9.54. The molecule has 3 atom stereocenters. The molecule has 0 spiro atoms. The van der Waals surface area contributed by atoms with E-state index < -0.39 is 22.9 Å². The lowest BCUT2D eigenvalue weighted by Crippen LogP contribution is -2.76. The second-order valence-corrected chi connectivity index (χ2v) is 6.40. The number of carbonyl (C=O) groups is 2. The molecule has 1 saturated heterocycles. The molecule has 2 fully saturated rings. The van der Waals surface area contributed by atoms with Gasteiger partial charge in [0.1, 0.15) is 11.6 Å². The highest BCUT2D eigenvalue weighted by Gasteiger charge is 2.64. The quantitative estimate of drug-likeness (QED) is 0.758. The van der Waals surface area contributed by atoms with Crippen molar-refractivity contribution < 1.29 is 14.3 Å². The van der Waals surface area contributed by atoms with Crippen molar-refractivity contribution in [2.24, 2.45) is 16.9 Å². The Hall–Kier alpha value is -1.14. The minimum absolute atomic E-state index is 0.0175. The Balaban J connectivity index is 2.15. The average molecular weight is 283 g/mol. The summed E-state index contributed by atoms with van der Waals surface area (Å²) in [7, 11) is 0. The van der Waals surface area contributed by atoms with Gasteiger partial charge in [-0.25, -0.2) is 0 Å². The number of nitrogens with two attached hydrogens (primary N) is 2. The number of nitrogens with zero attached hydrogens (tertiary/aromatic N) is 1. The molecule has 1 heterocycles. The Kier molecular flexibility index (Phi) is 3.81. The summed E-state index contributed by atoms with van der Waals surface area (Å²) in [4.78, 5) is 25.8. The Morgan fingerprint density at radius 2 is 2.05 bits per heavy atom. The SMILES string of the molecule is CCOC1CC(N)(C(=O)N2CCCC2C(N)=O)C1(C)C. The normalized spacial score (nSPS) is 35.7. The Morgan fingerprint density at radius 3 is 2.55 bits per heavy atom. The summed E-state index contributed by atoms with van der Waals surface area (Å²) in [6.07, 6.45) is 1.90. The van der Waals surface area contributed by atoms with Gasteiger partial charge in [-0.3, -0.25) is 9.59 Å². The highest BCUT2D eigenvalue weighted by atomic mass is 16.5. The molecule has 0 aromatic carbocycles. The molecule has 2 rings (SSSR count). The van der Waals surface area contributed by atoms with Crippen LogP contribution in [0.1, 0.15) is 40.0 Å². The zero-order valence-electron chi connectivity index (χ0n) is 12.5. The van der Waals surface area contributed by atoms with Crippen LogP contribution in [0, 0.1) is 5.41 Å². The summed E-state index contributed by atoms with van der Waals surface area (Å²) in [5.74, 6) is -0.613. The molecule has 2 amide bonds. The van der Waals surface area contributed by atoms with Gasteiger partial charge < -0.3 is 21.1 Å². The first-order valence-electron chi connectivity index (χ1n) is 7.26. The van der Waals surface area contributed by atoms with E-state index in [1.165, 1.54) is 0 Å². The third-order valence-corrected chi connectivity index (χ3v) is 5.05. The summed E-state index contributed by atoms with van der Waals surface area (Å²) >= 11 is 0. The van der Waals surface area contributed by atoms with Gasteiger partial charge in [0.15, 0.2) is 0 Å². The number of rotatable bonds is 4. The first-order chi connectivity index (χ1) is 9.25. The van der Waals surface area contributed by atoms with E-state index >= 15 is 0 Å². The Labute approximate surface area is 119 Å². The van der Waals surface area contributed by atoms with Crippen LogP contribution in [-0.2, 0) is 14.3 Å². The molecule has 114 valence electrons. The van der Waals surface area contributed by atoms with Gasteiger partial charge in [0.25, 0.3) is 0 Å². The molecule has 1 aliphatic heterocycles. The fourth-order valence-electron chi connectivity index (χ4n) is 3.36. The molecule has 6 nitrogen and oxygen atoms in total. The topological polar surface area (TPSA) is 98.7 Å². The predicted molar refractivity (Wildman–Crippen MR) is 74.7 cm³/mol. The number of amides is 2. The molecule has 0 bridgehead atoms. The molecule has 0 aromatic heterocycles. The monoisotopic (exact) mass is 283 g/mol. The fraction of sp³-hybridized carbons (Fsp3) is 0.857. The third kappa shape index (κ3) is 2.02. The zero-order chi connectivity index (χ0) is 15.1. The van der Waals surface area contributed by atoms with Gasteiger partial charge in [0.2, 0.25) is 11.8 Å². The van der Waals surface area contributed by atoms with Gasteiger partial charge >= 0.3 is 0 Å². The van der Waals surface area contributed by atoms with E-state index in [-0.39, 0.29) is 12.0 Å². The minimum atomic E-state index is -0.967. The molecule has 1 aliphatic carbocycles. The van der Waals surface area contributed by atoms with Crippen LogP contribution in [0.4, 0.5) is 0 Å². The largest absolute Gasteiger partial charge is 0.378 e. The van der Waals surface area contributed by atoms with Gasteiger partial charge in [-0.15, -0.1) is 0 Å². The molecule has 4 N–H and O–H groups in total. The van der Waals surface area contributed by atoms with Crippen molar-refractivity contribution in [3.63, 3.8) is 0 Å². The maximum Gasteiger partial charge on any atom is 0.244 e. The Morgan fingerprint density at radius 1 is 1.40 bits per heavy atom. The first kappa shape index (κ1) is 15.3. The van der Waals surface area contributed by atoms with Crippen LogP contribution in [0.25, 0.3) is 0 Å². The first-order valence-corrected chi connectivity index (χ1v) is 7.26. The van der Waals surface area contributed by atoms with Crippen molar-refractivity contribution in [1.82, 2.24) is 4.90 Å². The lowest BCUT2D eigenvalue weighted by molar-refractivity contribution is -0.180. The summed E-state index contributed by atoms with van der Waals surface area (Å²) in [5.41, 5.74) is 10.3. The molecular weight excluding hydrogens is 258 g/mol. The highest BCUT2D eigenvalue weighted by molar-refractivity contribution is 5.93. The highest BCUT2D eigenvalue weighted by Crippen LogP contribution is 2.51. The van der Waals surface area contributed by atoms with E-state index in [9.17, 15) is 9.59 Å². The van der Waals surface area contributed by atoms with Crippen LogP contribution >= 0.6 is 0 Å². The van der Waals surface area contributed by atoms with Crippen molar-refractivity contribution in [3.05, 3.63) is 0 Å². The van der Waals surface area contributed by atoms with Gasteiger partial charge in [-0.1, -0.05) is 13.8 Å². The summed E-state index contributed by atoms with van der Waals surface area (Å²) in [6, 6.07) is -0.509. The maximum atomic E-state index is 12.8. The maximum absolute atomic E-state index is 12.8. The van der Waals surface area contributed by atoms with Crippen LogP contribution in [0.5, 0.6) is 0 Å². The van der Waals surface area contributed by atoms with Crippen molar-refractivity contribution in [1.29, 1.82) is 0 Å². The van der Waals surface area contributed by atoms with Crippen molar-refractivity contribution in [2.45, 2.75) is 57.7 Å². The second kappa shape index (κ2) is 5.00.